The Labute approximate surface area is 204 Å². The third-order valence-electron chi connectivity index (χ3n) is 5.71. The van der Waals surface area contributed by atoms with Crippen molar-refractivity contribution in [3.63, 3.8) is 0 Å². The fourth-order valence-corrected chi connectivity index (χ4v) is 4.94. The van der Waals surface area contributed by atoms with Crippen LogP contribution in [0.1, 0.15) is 29.1 Å². The molecule has 3 heterocycles. The summed E-state index contributed by atoms with van der Waals surface area (Å²) in [7, 11) is 3.39. The zero-order chi connectivity index (χ0) is 25.4. The van der Waals surface area contributed by atoms with E-state index in [2.05, 4.69) is 20.3 Å². The van der Waals surface area contributed by atoms with Crippen LogP contribution in [0.5, 0.6) is 0 Å². The van der Waals surface area contributed by atoms with E-state index < -0.39 is 17.5 Å². The average Bonchev–Trinajstić information content (AvgIpc) is 3.30. The van der Waals surface area contributed by atoms with Crippen molar-refractivity contribution in [2.24, 2.45) is 0 Å². The Morgan fingerprint density at radius 2 is 1.91 bits per heavy atom. The highest BCUT2D eigenvalue weighted by Crippen LogP contribution is 2.39. The second kappa shape index (κ2) is 9.42. The van der Waals surface area contributed by atoms with Crippen LogP contribution in [0.25, 0.3) is 10.4 Å². The van der Waals surface area contributed by atoms with E-state index in [1.165, 1.54) is 16.2 Å². The highest BCUT2D eigenvalue weighted by molar-refractivity contribution is 7.15. The number of aryl methyl sites for hydroxylation is 1. The van der Waals surface area contributed by atoms with Crippen LogP contribution >= 0.6 is 11.3 Å². The lowest BCUT2D eigenvalue weighted by Gasteiger charge is -2.37. The number of nitrogens with one attached hydrogen (secondary N) is 1. The Bertz CT molecular complexity index is 1220. The minimum Gasteiger partial charge on any atom is -0.383 e. The molecule has 1 aliphatic rings. The van der Waals surface area contributed by atoms with Crippen molar-refractivity contribution in [1.29, 1.82) is 0 Å². The van der Waals surface area contributed by atoms with Gasteiger partial charge < -0.3 is 20.2 Å². The molecule has 186 valence electrons. The number of amides is 2. The third-order valence-corrected chi connectivity index (χ3v) is 6.95. The van der Waals surface area contributed by atoms with Crippen LogP contribution in [0.3, 0.4) is 0 Å². The molecule has 0 aliphatic carbocycles. The van der Waals surface area contributed by atoms with E-state index in [4.69, 9.17) is 0 Å². The molecule has 0 bridgehead atoms. The highest BCUT2D eigenvalue weighted by atomic mass is 32.1. The van der Waals surface area contributed by atoms with Gasteiger partial charge in [0, 0.05) is 58.1 Å². The number of thiazole rings is 1. The van der Waals surface area contributed by atoms with Gasteiger partial charge in [-0.15, -0.1) is 11.3 Å². The van der Waals surface area contributed by atoms with Crippen molar-refractivity contribution in [2.75, 3.05) is 32.5 Å². The molecule has 1 fully saturated rings. The predicted octanol–water partition coefficient (Wildman–Crippen LogP) is 4.64. The molecule has 2 N–H and O–H groups in total. The molecule has 1 aliphatic heterocycles. The van der Waals surface area contributed by atoms with Crippen molar-refractivity contribution < 1.29 is 23.1 Å². The number of benzene rings is 1. The van der Waals surface area contributed by atoms with Crippen molar-refractivity contribution in [2.45, 2.75) is 31.5 Å². The molecule has 2 aromatic heterocycles. The maximum atomic E-state index is 13.0. The first-order chi connectivity index (χ1) is 16.4. The van der Waals surface area contributed by atoms with Crippen molar-refractivity contribution in [1.82, 2.24) is 24.8 Å². The molecule has 2 amide bonds. The molecule has 0 atom stereocenters. The van der Waals surface area contributed by atoms with E-state index >= 15 is 0 Å². The molecular weight excluding hydrogens is 481 g/mol. The van der Waals surface area contributed by atoms with Crippen LogP contribution in [0, 0.1) is 6.92 Å². The Hall–Kier alpha value is -3.25. The van der Waals surface area contributed by atoms with Gasteiger partial charge in [-0.2, -0.15) is 13.2 Å². The number of urea groups is 1. The lowest BCUT2D eigenvalue weighted by atomic mass is 9.92. The van der Waals surface area contributed by atoms with E-state index in [0.717, 1.165) is 28.3 Å². The van der Waals surface area contributed by atoms with E-state index in [9.17, 15) is 23.1 Å². The number of halogens is 3. The minimum atomic E-state index is -4.56. The number of rotatable bonds is 4. The molecule has 12 heteroatoms. The summed E-state index contributed by atoms with van der Waals surface area (Å²) in [6, 6.07) is 6.21. The number of piperidine rings is 1. The quantitative estimate of drug-likeness (QED) is 0.536. The van der Waals surface area contributed by atoms with E-state index in [-0.39, 0.29) is 12.0 Å². The topological polar surface area (TPSA) is 94.5 Å². The van der Waals surface area contributed by atoms with Crippen LogP contribution in [0.15, 0.2) is 36.7 Å². The molecule has 0 saturated carbocycles. The number of alkyl halides is 3. The molecule has 4 rings (SSSR count). The standard InChI is InChI=1S/C23H25F3N6O2S/c1-14-10-15(12-16(11-14)29-20-27-7-4-18(30-20)23(24,25)26)17-13-28-19(35-17)22(34)5-8-32(9-6-22)21(33)31(2)3/h4,7,10-13,34H,5-6,8-9H2,1-3H3,(H,27,29,30). The number of hydrogen-bond acceptors (Lipinski definition) is 7. The number of carbonyl (C=O) groups is 1. The van der Waals surface area contributed by atoms with Gasteiger partial charge in [-0.05, 0) is 36.2 Å². The fraction of sp³-hybridized carbons (Fsp3) is 0.391. The largest absolute Gasteiger partial charge is 0.433 e. The van der Waals surface area contributed by atoms with Gasteiger partial charge in [0.15, 0.2) is 0 Å². The van der Waals surface area contributed by atoms with E-state index in [0.29, 0.717) is 36.6 Å². The van der Waals surface area contributed by atoms with Crippen molar-refractivity contribution in [3.8, 4) is 10.4 Å². The van der Waals surface area contributed by atoms with Crippen molar-refractivity contribution >= 4 is 29.0 Å². The van der Waals surface area contributed by atoms with Gasteiger partial charge in [0.1, 0.15) is 16.3 Å². The van der Waals surface area contributed by atoms with Gasteiger partial charge in [-0.3, -0.25) is 0 Å². The molecule has 1 saturated heterocycles. The molecule has 8 nitrogen and oxygen atoms in total. The summed E-state index contributed by atoms with van der Waals surface area (Å²) in [4.78, 5) is 28.1. The fourth-order valence-electron chi connectivity index (χ4n) is 3.89. The SMILES string of the molecule is Cc1cc(Nc2nccc(C(F)(F)F)n2)cc(-c2cnc(C3(O)CCN(C(=O)N(C)C)CC3)s2)c1. The summed E-state index contributed by atoms with van der Waals surface area (Å²) in [5, 5.41) is 14.6. The first kappa shape index (κ1) is 24.9. The van der Waals surface area contributed by atoms with Gasteiger partial charge >= 0.3 is 12.2 Å². The maximum Gasteiger partial charge on any atom is 0.433 e. The van der Waals surface area contributed by atoms with Gasteiger partial charge in [-0.1, -0.05) is 6.07 Å². The lowest BCUT2D eigenvalue weighted by Crippen LogP contribution is -2.48. The molecule has 0 radical (unpaired) electrons. The summed E-state index contributed by atoms with van der Waals surface area (Å²) in [6.07, 6.45) is -1.07. The van der Waals surface area contributed by atoms with Gasteiger partial charge in [0.2, 0.25) is 5.95 Å². The maximum absolute atomic E-state index is 13.0. The summed E-state index contributed by atoms with van der Waals surface area (Å²) in [5.74, 6) is -0.158. The molecule has 1 aromatic carbocycles. The number of carbonyl (C=O) groups excluding carboxylic acids is 1. The normalized spacial score (nSPS) is 15.7. The summed E-state index contributed by atoms with van der Waals surface area (Å²) in [6.45, 7) is 2.73. The van der Waals surface area contributed by atoms with Crippen LogP contribution < -0.4 is 5.32 Å². The van der Waals surface area contributed by atoms with Crippen LogP contribution in [-0.4, -0.2) is 63.1 Å². The second-order valence-electron chi connectivity index (χ2n) is 8.70. The summed E-state index contributed by atoms with van der Waals surface area (Å²) >= 11 is 1.35. The number of aromatic nitrogens is 3. The molecule has 3 aromatic rings. The van der Waals surface area contributed by atoms with E-state index in [1.54, 1.807) is 37.3 Å². The number of anilines is 2. The zero-order valence-electron chi connectivity index (χ0n) is 19.4. The number of likely N-dealkylation sites (tertiary alicyclic amines) is 1. The van der Waals surface area contributed by atoms with Crippen molar-refractivity contribution in [3.05, 3.63) is 52.9 Å². The second-order valence-corrected chi connectivity index (χ2v) is 9.73. The van der Waals surface area contributed by atoms with Crippen LogP contribution in [-0.2, 0) is 11.8 Å². The first-order valence-electron chi connectivity index (χ1n) is 10.9. The Balaban J connectivity index is 1.53. The van der Waals surface area contributed by atoms with Gasteiger partial charge in [-0.25, -0.2) is 19.7 Å². The van der Waals surface area contributed by atoms with Gasteiger partial charge in [0.05, 0.1) is 4.88 Å². The Morgan fingerprint density at radius 1 is 1.20 bits per heavy atom. The lowest BCUT2D eigenvalue weighted by molar-refractivity contribution is -0.141. The minimum absolute atomic E-state index is 0.0866. The Morgan fingerprint density at radius 3 is 2.57 bits per heavy atom. The Kier molecular flexibility index (Phi) is 6.69. The highest BCUT2D eigenvalue weighted by Gasteiger charge is 2.38. The number of hydrogen-bond donors (Lipinski definition) is 2. The van der Waals surface area contributed by atoms with Gasteiger partial charge in [0.25, 0.3) is 0 Å². The molecule has 35 heavy (non-hydrogen) atoms. The molecule has 0 unspecified atom stereocenters. The third kappa shape index (κ3) is 5.54. The predicted molar refractivity (Wildman–Crippen MR) is 126 cm³/mol. The molecule has 0 spiro atoms. The molecular formula is C23H25F3N6O2S. The number of aliphatic hydroxyl groups is 1. The summed E-state index contributed by atoms with van der Waals surface area (Å²) in [5.41, 5.74) is 0.0567. The average molecular weight is 507 g/mol. The summed E-state index contributed by atoms with van der Waals surface area (Å²) < 4.78 is 38.9. The van der Waals surface area contributed by atoms with E-state index in [1.807, 2.05) is 13.0 Å². The number of nitrogens with zero attached hydrogens (tertiary/aromatic N) is 5. The first-order valence-corrected chi connectivity index (χ1v) is 11.7. The smallest absolute Gasteiger partial charge is 0.383 e. The monoisotopic (exact) mass is 506 g/mol. The van der Waals surface area contributed by atoms with Crippen LogP contribution in [0.2, 0.25) is 0 Å². The zero-order valence-corrected chi connectivity index (χ0v) is 20.2. The van der Waals surface area contributed by atoms with Crippen LogP contribution in [0.4, 0.5) is 29.6 Å².